The molecule has 4 fully saturated rings. The van der Waals surface area contributed by atoms with Gasteiger partial charge in [-0.3, -0.25) is 9.59 Å². The molecule has 5 aliphatic rings. The normalized spacial score (nSPS) is 54.2. The summed E-state index contributed by atoms with van der Waals surface area (Å²) in [5, 5.41) is 10.5. The molecular weight excluding hydrogens is 448 g/mol. The van der Waals surface area contributed by atoms with Gasteiger partial charge in [-0.1, -0.05) is 53.2 Å². The van der Waals surface area contributed by atoms with Gasteiger partial charge in [0.2, 0.25) is 0 Å². The second-order valence-electron chi connectivity index (χ2n) is 15.0. The maximum atomic E-state index is 12.9. The Morgan fingerprint density at radius 1 is 0.917 bits per heavy atom. The number of carbonyl (C=O) groups excluding carboxylic acids is 1. The molecule has 5 rings (SSSR count). The monoisotopic (exact) mass is 498 g/mol. The molecule has 0 aliphatic heterocycles. The topological polar surface area (TPSA) is 63.6 Å². The molecule has 36 heavy (non-hydrogen) atoms. The van der Waals surface area contributed by atoms with Crippen LogP contribution >= 0.6 is 0 Å². The van der Waals surface area contributed by atoms with Gasteiger partial charge in [-0.2, -0.15) is 0 Å². The van der Waals surface area contributed by atoms with E-state index in [1.165, 1.54) is 32.6 Å². The SMILES string of the molecule is CC(=O)O[C@@H]1CCC2(C)[C@H]3CC=C4[C@@H]5[C@@H](C)[C@H](C)CCC5(C)CCC4(C)C3(C)CC[C@@H]2C1(C)C(=O)O. The lowest BCUT2D eigenvalue weighted by atomic mass is 9.33. The zero-order chi connectivity index (χ0) is 26.5. The van der Waals surface area contributed by atoms with Crippen molar-refractivity contribution in [1.29, 1.82) is 0 Å². The van der Waals surface area contributed by atoms with Crippen LogP contribution in [0.15, 0.2) is 11.6 Å². The Morgan fingerprint density at radius 3 is 2.25 bits per heavy atom. The van der Waals surface area contributed by atoms with Gasteiger partial charge in [0.1, 0.15) is 11.5 Å². The van der Waals surface area contributed by atoms with Crippen LogP contribution in [-0.4, -0.2) is 23.1 Å². The van der Waals surface area contributed by atoms with Crippen molar-refractivity contribution in [2.24, 2.45) is 56.7 Å². The lowest BCUT2D eigenvalue weighted by Crippen LogP contribution is -2.66. The molecule has 0 heterocycles. The fourth-order valence-electron chi connectivity index (χ4n) is 11.2. The number of carboxylic acid groups (broad SMARTS) is 1. The van der Waals surface area contributed by atoms with E-state index in [1.807, 2.05) is 6.92 Å². The van der Waals surface area contributed by atoms with Crippen molar-refractivity contribution in [1.82, 2.24) is 0 Å². The third kappa shape index (κ3) is 3.17. The van der Waals surface area contributed by atoms with Gasteiger partial charge >= 0.3 is 11.9 Å². The minimum atomic E-state index is -1.04. The number of rotatable bonds is 2. The minimum Gasteiger partial charge on any atom is -0.481 e. The zero-order valence-corrected chi connectivity index (χ0v) is 24.1. The average Bonchev–Trinajstić information content (AvgIpc) is 2.79. The Kier molecular flexibility index (Phi) is 5.91. The molecule has 4 nitrogen and oxygen atoms in total. The highest BCUT2D eigenvalue weighted by molar-refractivity contribution is 5.77. The van der Waals surface area contributed by atoms with Crippen molar-refractivity contribution in [2.45, 2.75) is 119 Å². The molecule has 0 aromatic rings. The summed E-state index contributed by atoms with van der Waals surface area (Å²) in [5.41, 5.74) is 1.40. The van der Waals surface area contributed by atoms with E-state index in [2.05, 4.69) is 47.6 Å². The first kappa shape index (κ1) is 26.3. The second-order valence-corrected chi connectivity index (χ2v) is 15.0. The van der Waals surface area contributed by atoms with Gasteiger partial charge in [0, 0.05) is 6.92 Å². The fourth-order valence-corrected chi connectivity index (χ4v) is 11.2. The molecule has 0 radical (unpaired) electrons. The Bertz CT molecular complexity index is 985. The van der Waals surface area contributed by atoms with Crippen LogP contribution < -0.4 is 0 Å². The van der Waals surface area contributed by atoms with Crippen molar-refractivity contribution in [3.63, 3.8) is 0 Å². The van der Waals surface area contributed by atoms with Gasteiger partial charge in [0.05, 0.1) is 0 Å². The van der Waals surface area contributed by atoms with Crippen LogP contribution in [-0.2, 0) is 14.3 Å². The number of esters is 1. The molecule has 4 heteroatoms. The summed E-state index contributed by atoms with van der Waals surface area (Å²) in [6, 6.07) is 0. The van der Waals surface area contributed by atoms with E-state index in [1.54, 1.807) is 5.57 Å². The minimum absolute atomic E-state index is 0.0136. The number of aliphatic carboxylic acids is 1. The summed E-state index contributed by atoms with van der Waals surface area (Å²) in [6.07, 6.45) is 12.0. The van der Waals surface area contributed by atoms with Crippen LogP contribution in [0.5, 0.6) is 0 Å². The predicted octanol–water partition coefficient (Wildman–Crippen LogP) is 7.66. The number of carboxylic acids is 1. The molecule has 0 bridgehead atoms. The molecule has 1 N–H and O–H groups in total. The van der Waals surface area contributed by atoms with E-state index in [0.717, 1.165) is 37.5 Å². The van der Waals surface area contributed by atoms with Gasteiger partial charge in [0.25, 0.3) is 0 Å². The Morgan fingerprint density at radius 2 is 1.61 bits per heavy atom. The van der Waals surface area contributed by atoms with Crippen LogP contribution in [0.2, 0.25) is 0 Å². The van der Waals surface area contributed by atoms with E-state index in [9.17, 15) is 14.7 Å². The number of allylic oxidation sites excluding steroid dienone is 2. The lowest BCUT2D eigenvalue weighted by molar-refractivity contribution is -0.223. The molecule has 0 spiro atoms. The maximum absolute atomic E-state index is 12.9. The van der Waals surface area contributed by atoms with Gasteiger partial charge in [-0.25, -0.2) is 0 Å². The highest BCUT2D eigenvalue weighted by atomic mass is 16.5. The number of carbonyl (C=O) groups is 2. The van der Waals surface area contributed by atoms with Crippen molar-refractivity contribution in [3.8, 4) is 0 Å². The number of ether oxygens (including phenoxy) is 1. The van der Waals surface area contributed by atoms with E-state index < -0.39 is 17.5 Å². The van der Waals surface area contributed by atoms with Gasteiger partial charge in [-0.15, -0.1) is 0 Å². The van der Waals surface area contributed by atoms with Crippen molar-refractivity contribution >= 4 is 11.9 Å². The van der Waals surface area contributed by atoms with Crippen molar-refractivity contribution in [3.05, 3.63) is 11.6 Å². The first-order chi connectivity index (χ1) is 16.6. The molecule has 5 unspecified atom stereocenters. The number of hydrogen-bond donors (Lipinski definition) is 1. The molecular formula is C32H50O4. The van der Waals surface area contributed by atoms with E-state index >= 15 is 0 Å². The first-order valence-electron chi connectivity index (χ1n) is 14.8. The van der Waals surface area contributed by atoms with E-state index in [0.29, 0.717) is 23.7 Å². The summed E-state index contributed by atoms with van der Waals surface area (Å²) in [7, 11) is 0. The standard InChI is InChI=1S/C32H50O4/c1-19-11-14-28(4)17-18-30(6)22(26(28)20(19)2)9-10-23-29(5)15-13-25(36-21(3)33)32(8,27(34)35)24(29)12-16-31(23,30)7/h9,19-20,23-26H,10-18H2,1-8H3,(H,34,35)/t19-,20+,23-,24+,25-,26+,28?,29?,30?,31?,32?/m1/s1. The zero-order valence-electron chi connectivity index (χ0n) is 24.1. The molecule has 0 amide bonds. The largest absolute Gasteiger partial charge is 0.481 e. The molecule has 202 valence electrons. The number of fused-ring (bicyclic) bond motifs is 7. The van der Waals surface area contributed by atoms with Gasteiger partial charge < -0.3 is 9.84 Å². The molecule has 0 saturated heterocycles. The van der Waals surface area contributed by atoms with Gasteiger partial charge in [-0.05, 0) is 116 Å². The molecule has 4 saturated carbocycles. The predicted molar refractivity (Wildman–Crippen MR) is 142 cm³/mol. The van der Waals surface area contributed by atoms with E-state index in [4.69, 9.17) is 4.74 Å². The summed E-state index contributed by atoms with van der Waals surface area (Å²) >= 11 is 0. The quantitative estimate of drug-likeness (QED) is 0.313. The highest BCUT2D eigenvalue weighted by Gasteiger charge is 2.70. The summed E-state index contributed by atoms with van der Waals surface area (Å²) < 4.78 is 5.69. The smallest absolute Gasteiger partial charge is 0.313 e. The van der Waals surface area contributed by atoms with Crippen LogP contribution in [0, 0.1) is 56.7 Å². The molecule has 0 aromatic carbocycles. The Labute approximate surface area is 219 Å². The first-order valence-corrected chi connectivity index (χ1v) is 14.8. The highest BCUT2D eigenvalue weighted by Crippen LogP contribution is 2.75. The molecule has 0 aromatic heterocycles. The van der Waals surface area contributed by atoms with Crippen LogP contribution in [0.4, 0.5) is 0 Å². The fraction of sp³-hybridized carbons (Fsp3) is 0.875. The summed E-state index contributed by atoms with van der Waals surface area (Å²) in [4.78, 5) is 24.8. The summed E-state index contributed by atoms with van der Waals surface area (Å²) in [5.74, 6) is 1.47. The second kappa shape index (κ2) is 8.09. The lowest BCUT2D eigenvalue weighted by Gasteiger charge is -2.71. The van der Waals surface area contributed by atoms with Crippen LogP contribution in [0.25, 0.3) is 0 Å². The molecule has 11 atom stereocenters. The van der Waals surface area contributed by atoms with Crippen LogP contribution in [0.3, 0.4) is 0 Å². The molecule has 5 aliphatic carbocycles. The van der Waals surface area contributed by atoms with Crippen molar-refractivity contribution < 1.29 is 19.4 Å². The third-order valence-electron chi connectivity index (χ3n) is 13.8. The van der Waals surface area contributed by atoms with Crippen molar-refractivity contribution in [2.75, 3.05) is 0 Å². The Balaban J connectivity index is 1.57. The summed E-state index contributed by atoms with van der Waals surface area (Å²) in [6.45, 7) is 18.4. The number of hydrogen-bond acceptors (Lipinski definition) is 3. The van der Waals surface area contributed by atoms with Gasteiger partial charge in [0.15, 0.2) is 0 Å². The third-order valence-corrected chi connectivity index (χ3v) is 13.8. The average molecular weight is 499 g/mol. The maximum Gasteiger partial charge on any atom is 0.313 e. The van der Waals surface area contributed by atoms with E-state index in [-0.39, 0.29) is 28.1 Å². The Hall–Kier alpha value is -1.32. The van der Waals surface area contributed by atoms with Crippen LogP contribution in [0.1, 0.15) is 113 Å².